The number of hydrogen-bond acceptors (Lipinski definition) is 5. The van der Waals surface area contributed by atoms with Crippen molar-refractivity contribution in [2.24, 2.45) is 13.0 Å². The minimum atomic E-state index is -0.726. The van der Waals surface area contributed by atoms with Crippen LogP contribution in [0, 0.1) is 28.9 Å². The van der Waals surface area contributed by atoms with Crippen LogP contribution in [-0.4, -0.2) is 28.7 Å². The third-order valence-electron chi connectivity index (χ3n) is 5.52. The van der Waals surface area contributed by atoms with Crippen LogP contribution in [0.25, 0.3) is 11.0 Å². The molecule has 2 aromatic heterocycles. The second-order valence-corrected chi connectivity index (χ2v) is 7.55. The molecule has 1 aromatic carbocycles. The van der Waals surface area contributed by atoms with E-state index in [0.29, 0.717) is 36.2 Å². The number of nitrogens with zero attached hydrogens (tertiary/aromatic N) is 4. The summed E-state index contributed by atoms with van der Waals surface area (Å²) < 4.78 is 34.4. The summed E-state index contributed by atoms with van der Waals surface area (Å²) in [6.07, 6.45) is 0.341. The molecule has 0 N–H and O–H groups in total. The molecule has 0 bridgehead atoms. The average Bonchev–Trinajstić information content (AvgIpc) is 2.73. The molecule has 0 aliphatic carbocycles. The van der Waals surface area contributed by atoms with Crippen molar-refractivity contribution in [3.8, 4) is 11.8 Å². The summed E-state index contributed by atoms with van der Waals surface area (Å²) in [6, 6.07) is 10.2. The fourth-order valence-corrected chi connectivity index (χ4v) is 3.87. The lowest BCUT2D eigenvalue weighted by molar-refractivity contribution is 0.116. The molecule has 0 spiro atoms. The van der Waals surface area contributed by atoms with Gasteiger partial charge in [0.25, 0.3) is 5.56 Å². The fraction of sp³-hybridized carbons (Fsp3) is 0.318. The lowest BCUT2D eigenvalue weighted by Crippen LogP contribution is -2.45. The van der Waals surface area contributed by atoms with E-state index in [1.54, 1.807) is 19.2 Å². The van der Waals surface area contributed by atoms with Crippen molar-refractivity contribution in [1.29, 1.82) is 5.26 Å². The standard InChI is InChI=1S/C22H20F2N4O2/c1-13-12-28(8-7-19(13)30-20-6-3-14(23)9-16(20)24)18-10-21(29)27(2)17-5-4-15(11-25)26-22(17)18/h3-6,9-10,13,19H,7-8,12H2,1-2H3/t13-,19-/m0/s1. The Morgan fingerprint density at radius 3 is 2.73 bits per heavy atom. The van der Waals surface area contributed by atoms with Crippen molar-refractivity contribution in [2.45, 2.75) is 19.4 Å². The van der Waals surface area contributed by atoms with E-state index < -0.39 is 11.6 Å². The van der Waals surface area contributed by atoms with Crippen LogP contribution in [0.1, 0.15) is 19.0 Å². The Morgan fingerprint density at radius 1 is 1.23 bits per heavy atom. The zero-order valence-corrected chi connectivity index (χ0v) is 16.6. The third kappa shape index (κ3) is 3.59. The first-order valence-corrected chi connectivity index (χ1v) is 9.65. The lowest BCUT2D eigenvalue weighted by atomic mass is 9.95. The minimum absolute atomic E-state index is 0.0152. The predicted octanol–water partition coefficient (Wildman–Crippen LogP) is 3.38. The van der Waals surface area contributed by atoms with Crippen molar-refractivity contribution in [3.05, 3.63) is 64.1 Å². The molecule has 30 heavy (non-hydrogen) atoms. The molecule has 0 radical (unpaired) electrons. The van der Waals surface area contributed by atoms with Gasteiger partial charge in [-0.05, 0) is 24.3 Å². The molecule has 1 aliphatic rings. The number of piperidine rings is 1. The lowest BCUT2D eigenvalue weighted by Gasteiger charge is -2.38. The first-order chi connectivity index (χ1) is 14.4. The SMILES string of the molecule is C[C@H]1CN(c2cc(=O)n(C)c3ccc(C#N)nc23)CC[C@@H]1Oc1ccc(F)cc1F. The number of rotatable bonds is 3. The van der Waals surface area contributed by atoms with Gasteiger partial charge in [-0.15, -0.1) is 0 Å². The molecule has 0 unspecified atom stereocenters. The highest BCUT2D eigenvalue weighted by Gasteiger charge is 2.30. The van der Waals surface area contributed by atoms with E-state index >= 15 is 0 Å². The normalized spacial score (nSPS) is 19.0. The number of pyridine rings is 2. The zero-order chi connectivity index (χ0) is 21.4. The van der Waals surface area contributed by atoms with Gasteiger partial charge in [0.15, 0.2) is 11.6 Å². The van der Waals surface area contributed by atoms with Crippen LogP contribution in [0.5, 0.6) is 5.75 Å². The summed E-state index contributed by atoms with van der Waals surface area (Å²) in [6.45, 7) is 3.11. The monoisotopic (exact) mass is 410 g/mol. The van der Waals surface area contributed by atoms with E-state index in [-0.39, 0.29) is 29.0 Å². The topological polar surface area (TPSA) is 71.2 Å². The molecule has 0 amide bonds. The minimum Gasteiger partial charge on any atom is -0.487 e. The molecule has 1 aliphatic heterocycles. The average molecular weight is 410 g/mol. The van der Waals surface area contributed by atoms with Gasteiger partial charge in [0, 0.05) is 44.6 Å². The van der Waals surface area contributed by atoms with Gasteiger partial charge < -0.3 is 14.2 Å². The predicted molar refractivity (Wildman–Crippen MR) is 108 cm³/mol. The van der Waals surface area contributed by atoms with Crippen molar-refractivity contribution in [3.63, 3.8) is 0 Å². The number of halogens is 2. The van der Waals surface area contributed by atoms with Crippen LogP contribution in [0.15, 0.2) is 41.2 Å². The van der Waals surface area contributed by atoms with Crippen molar-refractivity contribution in [2.75, 3.05) is 18.0 Å². The molecule has 2 atom stereocenters. The molecule has 1 fully saturated rings. The Bertz CT molecular complexity index is 1220. The number of anilines is 1. The third-order valence-corrected chi connectivity index (χ3v) is 5.52. The fourth-order valence-electron chi connectivity index (χ4n) is 3.87. The van der Waals surface area contributed by atoms with E-state index in [0.717, 1.165) is 6.07 Å². The van der Waals surface area contributed by atoms with Crippen LogP contribution in [0.2, 0.25) is 0 Å². The number of ether oxygens (including phenoxy) is 1. The van der Waals surface area contributed by atoms with Gasteiger partial charge in [-0.1, -0.05) is 6.92 Å². The maximum absolute atomic E-state index is 14.0. The van der Waals surface area contributed by atoms with Crippen molar-refractivity contribution in [1.82, 2.24) is 9.55 Å². The van der Waals surface area contributed by atoms with Gasteiger partial charge in [0.2, 0.25) is 0 Å². The van der Waals surface area contributed by atoms with Gasteiger partial charge in [0.05, 0.1) is 11.2 Å². The first kappa shape index (κ1) is 19.8. The molecular weight excluding hydrogens is 390 g/mol. The number of aromatic nitrogens is 2. The second kappa shape index (κ2) is 7.75. The Balaban J connectivity index is 1.61. The maximum atomic E-state index is 14.0. The molecule has 8 heteroatoms. The van der Waals surface area contributed by atoms with E-state index in [1.165, 1.54) is 22.8 Å². The van der Waals surface area contributed by atoms with Crippen molar-refractivity contribution < 1.29 is 13.5 Å². The summed E-state index contributed by atoms with van der Waals surface area (Å²) in [5.41, 5.74) is 2.02. The summed E-state index contributed by atoms with van der Waals surface area (Å²) in [7, 11) is 1.67. The van der Waals surface area contributed by atoms with Crippen LogP contribution >= 0.6 is 0 Å². The molecule has 6 nitrogen and oxygen atoms in total. The van der Waals surface area contributed by atoms with Crippen LogP contribution in [-0.2, 0) is 7.05 Å². The molecular formula is C22H20F2N4O2. The van der Waals surface area contributed by atoms with Crippen molar-refractivity contribution >= 4 is 16.7 Å². The molecule has 154 valence electrons. The summed E-state index contributed by atoms with van der Waals surface area (Å²) >= 11 is 0. The number of nitriles is 1. The zero-order valence-electron chi connectivity index (χ0n) is 16.6. The highest BCUT2D eigenvalue weighted by Crippen LogP contribution is 2.30. The van der Waals surface area contributed by atoms with Gasteiger partial charge in [-0.3, -0.25) is 4.79 Å². The number of fused-ring (bicyclic) bond motifs is 1. The molecule has 1 saturated heterocycles. The van der Waals surface area contributed by atoms with E-state index in [2.05, 4.69) is 4.98 Å². The highest BCUT2D eigenvalue weighted by molar-refractivity contribution is 5.88. The van der Waals surface area contributed by atoms with Crippen LogP contribution in [0.4, 0.5) is 14.5 Å². The van der Waals surface area contributed by atoms with Gasteiger partial charge in [-0.25, -0.2) is 13.8 Å². The van der Waals surface area contributed by atoms with Gasteiger partial charge in [-0.2, -0.15) is 5.26 Å². The van der Waals surface area contributed by atoms with Crippen LogP contribution < -0.4 is 15.2 Å². The van der Waals surface area contributed by atoms with E-state index in [1.807, 2.05) is 17.9 Å². The molecule has 0 saturated carbocycles. The largest absolute Gasteiger partial charge is 0.487 e. The molecule has 4 rings (SSSR count). The van der Waals surface area contributed by atoms with E-state index in [4.69, 9.17) is 4.74 Å². The summed E-state index contributed by atoms with van der Waals surface area (Å²) in [4.78, 5) is 18.9. The Labute approximate surface area is 171 Å². The Hall–Kier alpha value is -3.47. The smallest absolute Gasteiger partial charge is 0.252 e. The molecule has 3 aromatic rings. The second-order valence-electron chi connectivity index (χ2n) is 7.55. The quantitative estimate of drug-likeness (QED) is 0.662. The maximum Gasteiger partial charge on any atom is 0.252 e. The number of aryl methyl sites for hydroxylation is 1. The Kier molecular flexibility index (Phi) is 5.12. The van der Waals surface area contributed by atoms with Gasteiger partial charge in [0.1, 0.15) is 29.2 Å². The molecule has 3 heterocycles. The highest BCUT2D eigenvalue weighted by atomic mass is 19.1. The Morgan fingerprint density at radius 2 is 2.03 bits per heavy atom. The van der Waals surface area contributed by atoms with Crippen LogP contribution in [0.3, 0.4) is 0 Å². The number of benzene rings is 1. The number of hydrogen-bond donors (Lipinski definition) is 0. The summed E-state index contributed by atoms with van der Waals surface area (Å²) in [5.74, 6) is -1.33. The first-order valence-electron chi connectivity index (χ1n) is 9.65. The summed E-state index contributed by atoms with van der Waals surface area (Å²) in [5, 5.41) is 9.21. The van der Waals surface area contributed by atoms with E-state index in [9.17, 15) is 18.8 Å². The van der Waals surface area contributed by atoms with Gasteiger partial charge >= 0.3 is 0 Å².